The Morgan fingerprint density at radius 1 is 1.26 bits per heavy atom. The number of hydrogen-bond acceptors (Lipinski definition) is 4. The van der Waals surface area contributed by atoms with E-state index in [-0.39, 0.29) is 5.41 Å². The molecule has 2 rings (SSSR count). The van der Waals surface area contributed by atoms with Gasteiger partial charge < -0.3 is 19.5 Å². The van der Waals surface area contributed by atoms with Crippen molar-refractivity contribution >= 4 is 0 Å². The van der Waals surface area contributed by atoms with Crippen LogP contribution >= 0.6 is 0 Å². The van der Waals surface area contributed by atoms with Crippen LogP contribution in [0.2, 0.25) is 0 Å². The Labute approximate surface area is 115 Å². The third-order valence-corrected chi connectivity index (χ3v) is 3.26. The van der Waals surface area contributed by atoms with Gasteiger partial charge in [-0.05, 0) is 24.1 Å². The Hall–Kier alpha value is -1.42. The van der Waals surface area contributed by atoms with Crippen molar-refractivity contribution in [2.75, 3.05) is 19.9 Å². The van der Waals surface area contributed by atoms with Crippen LogP contribution in [-0.4, -0.2) is 26.0 Å². The van der Waals surface area contributed by atoms with E-state index in [9.17, 15) is 0 Å². The SMILES string of the molecule is CCNC(COc1ccc2c(c1)OCO2)C(C)(C)C. The Kier molecular flexibility index (Phi) is 4.20. The molecule has 0 saturated heterocycles. The Morgan fingerprint density at radius 2 is 2.00 bits per heavy atom. The van der Waals surface area contributed by atoms with Gasteiger partial charge in [0.05, 0.1) is 0 Å². The highest BCUT2D eigenvalue weighted by molar-refractivity contribution is 5.46. The Bertz CT molecular complexity index is 426. The lowest BCUT2D eigenvalue weighted by Gasteiger charge is -2.31. The number of ether oxygens (including phenoxy) is 3. The molecule has 106 valence electrons. The number of hydrogen-bond donors (Lipinski definition) is 1. The largest absolute Gasteiger partial charge is 0.492 e. The maximum atomic E-state index is 5.87. The lowest BCUT2D eigenvalue weighted by atomic mass is 9.87. The fourth-order valence-corrected chi connectivity index (χ4v) is 2.01. The molecule has 0 fully saturated rings. The van der Waals surface area contributed by atoms with E-state index in [2.05, 4.69) is 33.0 Å². The molecular formula is C15H23NO3. The van der Waals surface area contributed by atoms with E-state index in [1.165, 1.54) is 0 Å². The summed E-state index contributed by atoms with van der Waals surface area (Å²) < 4.78 is 16.5. The van der Waals surface area contributed by atoms with Gasteiger partial charge >= 0.3 is 0 Å². The van der Waals surface area contributed by atoms with Crippen LogP contribution in [0.15, 0.2) is 18.2 Å². The standard InChI is InChI=1S/C15H23NO3/c1-5-16-14(15(2,3)4)9-17-11-6-7-12-13(8-11)19-10-18-12/h6-8,14,16H,5,9-10H2,1-4H3. The second-order valence-corrected chi connectivity index (χ2v) is 5.80. The number of benzene rings is 1. The molecule has 0 bridgehead atoms. The first kappa shape index (κ1) is 14.0. The summed E-state index contributed by atoms with van der Waals surface area (Å²) in [5, 5.41) is 3.46. The fourth-order valence-electron chi connectivity index (χ4n) is 2.01. The number of rotatable bonds is 5. The van der Waals surface area contributed by atoms with Crippen LogP contribution < -0.4 is 19.5 Å². The average Bonchev–Trinajstić information content (AvgIpc) is 2.80. The van der Waals surface area contributed by atoms with Gasteiger partial charge in [-0.2, -0.15) is 0 Å². The minimum Gasteiger partial charge on any atom is -0.492 e. The molecule has 1 aliphatic heterocycles. The zero-order valence-corrected chi connectivity index (χ0v) is 12.2. The minimum atomic E-state index is 0.159. The lowest BCUT2D eigenvalue weighted by molar-refractivity contribution is 0.171. The zero-order valence-electron chi connectivity index (χ0n) is 12.2. The van der Waals surface area contributed by atoms with E-state index in [0.717, 1.165) is 23.8 Å². The molecule has 1 aromatic carbocycles. The third-order valence-electron chi connectivity index (χ3n) is 3.26. The molecule has 1 N–H and O–H groups in total. The zero-order chi connectivity index (χ0) is 13.9. The van der Waals surface area contributed by atoms with Crippen molar-refractivity contribution in [2.24, 2.45) is 5.41 Å². The van der Waals surface area contributed by atoms with Gasteiger partial charge in [-0.1, -0.05) is 27.7 Å². The number of nitrogens with one attached hydrogen (secondary N) is 1. The Morgan fingerprint density at radius 3 is 2.68 bits per heavy atom. The quantitative estimate of drug-likeness (QED) is 0.888. The fraction of sp³-hybridized carbons (Fsp3) is 0.600. The minimum absolute atomic E-state index is 0.159. The highest BCUT2D eigenvalue weighted by atomic mass is 16.7. The predicted octanol–water partition coefficient (Wildman–Crippen LogP) is 2.82. The van der Waals surface area contributed by atoms with Crippen molar-refractivity contribution < 1.29 is 14.2 Å². The van der Waals surface area contributed by atoms with E-state index in [4.69, 9.17) is 14.2 Å². The lowest BCUT2D eigenvalue weighted by Crippen LogP contribution is -2.44. The molecule has 1 atom stereocenters. The first-order chi connectivity index (χ1) is 9.00. The maximum Gasteiger partial charge on any atom is 0.231 e. The summed E-state index contributed by atoms with van der Waals surface area (Å²) in [5.74, 6) is 2.36. The molecule has 0 radical (unpaired) electrons. The van der Waals surface area contributed by atoms with Gasteiger partial charge in [0.1, 0.15) is 12.4 Å². The van der Waals surface area contributed by atoms with Crippen molar-refractivity contribution in [2.45, 2.75) is 33.7 Å². The topological polar surface area (TPSA) is 39.7 Å². The first-order valence-electron chi connectivity index (χ1n) is 6.76. The summed E-state index contributed by atoms with van der Waals surface area (Å²) in [6.45, 7) is 10.6. The molecule has 0 aromatic heterocycles. The van der Waals surface area contributed by atoms with Crippen molar-refractivity contribution in [3.05, 3.63) is 18.2 Å². The van der Waals surface area contributed by atoms with Gasteiger partial charge in [-0.25, -0.2) is 0 Å². The highest BCUT2D eigenvalue weighted by Gasteiger charge is 2.24. The van der Waals surface area contributed by atoms with Crippen LogP contribution in [0.5, 0.6) is 17.2 Å². The maximum absolute atomic E-state index is 5.87. The molecule has 1 unspecified atom stereocenters. The summed E-state index contributed by atoms with van der Waals surface area (Å²) in [6, 6.07) is 5.99. The third kappa shape index (κ3) is 3.53. The monoisotopic (exact) mass is 265 g/mol. The first-order valence-corrected chi connectivity index (χ1v) is 6.76. The van der Waals surface area contributed by atoms with Crippen molar-refractivity contribution in [3.63, 3.8) is 0 Å². The molecule has 0 amide bonds. The summed E-state index contributed by atoms with van der Waals surface area (Å²) in [6.07, 6.45) is 0. The van der Waals surface area contributed by atoms with E-state index in [1.807, 2.05) is 18.2 Å². The molecule has 0 aliphatic carbocycles. The summed E-state index contributed by atoms with van der Waals surface area (Å²) in [5.41, 5.74) is 0.159. The van der Waals surface area contributed by atoms with Crippen molar-refractivity contribution in [3.8, 4) is 17.2 Å². The van der Waals surface area contributed by atoms with Crippen LogP contribution in [0.3, 0.4) is 0 Å². The van der Waals surface area contributed by atoms with E-state index in [0.29, 0.717) is 19.4 Å². The predicted molar refractivity (Wildman–Crippen MR) is 75.0 cm³/mol. The number of fused-ring (bicyclic) bond motifs is 1. The van der Waals surface area contributed by atoms with Gasteiger partial charge in [0.15, 0.2) is 11.5 Å². The molecule has 1 aromatic rings. The molecule has 1 aliphatic rings. The van der Waals surface area contributed by atoms with Gasteiger partial charge in [0, 0.05) is 12.1 Å². The summed E-state index contributed by atoms with van der Waals surface area (Å²) >= 11 is 0. The van der Waals surface area contributed by atoms with E-state index < -0.39 is 0 Å². The van der Waals surface area contributed by atoms with Crippen molar-refractivity contribution in [1.29, 1.82) is 0 Å². The van der Waals surface area contributed by atoms with E-state index >= 15 is 0 Å². The molecule has 0 spiro atoms. The van der Waals surface area contributed by atoms with Gasteiger partial charge in [-0.3, -0.25) is 0 Å². The molecule has 4 nitrogen and oxygen atoms in total. The second kappa shape index (κ2) is 5.70. The molecule has 4 heteroatoms. The average molecular weight is 265 g/mol. The molecular weight excluding hydrogens is 242 g/mol. The molecule has 0 saturated carbocycles. The highest BCUT2D eigenvalue weighted by Crippen LogP contribution is 2.35. The van der Waals surface area contributed by atoms with Crippen LogP contribution in [0, 0.1) is 5.41 Å². The van der Waals surface area contributed by atoms with Crippen LogP contribution in [-0.2, 0) is 0 Å². The van der Waals surface area contributed by atoms with Crippen LogP contribution in [0.4, 0.5) is 0 Å². The van der Waals surface area contributed by atoms with Crippen LogP contribution in [0.1, 0.15) is 27.7 Å². The van der Waals surface area contributed by atoms with E-state index in [1.54, 1.807) is 0 Å². The van der Waals surface area contributed by atoms with Gasteiger partial charge in [0.25, 0.3) is 0 Å². The normalized spacial score (nSPS) is 15.4. The van der Waals surface area contributed by atoms with Crippen LogP contribution in [0.25, 0.3) is 0 Å². The van der Waals surface area contributed by atoms with Gasteiger partial charge in [0.2, 0.25) is 6.79 Å². The van der Waals surface area contributed by atoms with Crippen molar-refractivity contribution in [1.82, 2.24) is 5.32 Å². The number of likely N-dealkylation sites (N-methyl/N-ethyl adjacent to an activating group) is 1. The summed E-state index contributed by atoms with van der Waals surface area (Å²) in [4.78, 5) is 0. The molecule has 1 heterocycles. The smallest absolute Gasteiger partial charge is 0.231 e. The Balaban J connectivity index is 1.97. The summed E-state index contributed by atoms with van der Waals surface area (Å²) in [7, 11) is 0. The molecule has 19 heavy (non-hydrogen) atoms. The second-order valence-electron chi connectivity index (χ2n) is 5.80. The van der Waals surface area contributed by atoms with Gasteiger partial charge in [-0.15, -0.1) is 0 Å².